The van der Waals surface area contributed by atoms with E-state index in [0.717, 1.165) is 37.3 Å². The van der Waals surface area contributed by atoms with Crippen molar-refractivity contribution < 1.29 is 4.74 Å². The third-order valence-corrected chi connectivity index (χ3v) is 3.68. The summed E-state index contributed by atoms with van der Waals surface area (Å²) in [5, 5.41) is 4.38. The van der Waals surface area contributed by atoms with Crippen molar-refractivity contribution in [1.82, 2.24) is 9.78 Å². The van der Waals surface area contributed by atoms with Crippen LogP contribution in [-0.4, -0.2) is 16.9 Å². The van der Waals surface area contributed by atoms with Gasteiger partial charge in [0.15, 0.2) is 5.75 Å². The van der Waals surface area contributed by atoms with Gasteiger partial charge in [-0.1, -0.05) is 36.8 Å². The number of benzene rings is 1. The van der Waals surface area contributed by atoms with E-state index in [-0.39, 0.29) is 6.04 Å². The molecule has 0 bridgehead atoms. The van der Waals surface area contributed by atoms with Crippen molar-refractivity contribution in [1.29, 1.82) is 0 Å². The molecule has 1 aromatic heterocycles. The van der Waals surface area contributed by atoms with Crippen molar-refractivity contribution in [2.45, 2.75) is 45.7 Å². The van der Waals surface area contributed by atoms with E-state index in [1.165, 1.54) is 11.1 Å². The molecule has 0 aliphatic rings. The minimum atomic E-state index is -0.0606. The van der Waals surface area contributed by atoms with Crippen molar-refractivity contribution in [2.75, 3.05) is 7.11 Å². The van der Waals surface area contributed by atoms with Gasteiger partial charge in [-0.15, -0.1) is 0 Å². The lowest BCUT2D eigenvalue weighted by Gasteiger charge is -2.16. The number of nitrogens with two attached hydrogens (primary N) is 1. The lowest BCUT2D eigenvalue weighted by Crippen LogP contribution is -2.18. The zero-order chi connectivity index (χ0) is 15.2. The fourth-order valence-corrected chi connectivity index (χ4v) is 2.63. The molecule has 0 radical (unpaired) electrons. The zero-order valence-corrected chi connectivity index (χ0v) is 13.2. The van der Waals surface area contributed by atoms with Gasteiger partial charge in [-0.2, -0.15) is 5.10 Å². The Morgan fingerprint density at radius 1 is 1.38 bits per heavy atom. The molecule has 1 atom stereocenters. The Kier molecular flexibility index (Phi) is 5.39. The van der Waals surface area contributed by atoms with Gasteiger partial charge in [-0.05, 0) is 31.7 Å². The second-order valence-corrected chi connectivity index (χ2v) is 5.46. The van der Waals surface area contributed by atoms with Crippen molar-refractivity contribution in [2.24, 2.45) is 5.73 Å². The van der Waals surface area contributed by atoms with E-state index in [4.69, 9.17) is 10.5 Å². The lowest BCUT2D eigenvalue weighted by atomic mass is 10.0. The van der Waals surface area contributed by atoms with Gasteiger partial charge in [-0.3, -0.25) is 4.68 Å². The van der Waals surface area contributed by atoms with Crippen LogP contribution in [0.2, 0.25) is 0 Å². The van der Waals surface area contributed by atoms with Crippen molar-refractivity contribution in [3.8, 4) is 5.75 Å². The molecule has 0 aliphatic carbocycles. The quantitative estimate of drug-likeness (QED) is 0.850. The average molecular weight is 287 g/mol. The molecule has 0 saturated heterocycles. The number of rotatable bonds is 7. The van der Waals surface area contributed by atoms with Crippen LogP contribution in [0, 0.1) is 6.92 Å². The van der Waals surface area contributed by atoms with E-state index in [1.54, 1.807) is 13.3 Å². The predicted octanol–water partition coefficient (Wildman–Crippen LogP) is 3.24. The highest BCUT2D eigenvalue weighted by Crippen LogP contribution is 2.26. The maximum Gasteiger partial charge on any atom is 0.161 e. The number of aryl methyl sites for hydroxylation is 3. The first-order chi connectivity index (χ1) is 10.2. The highest BCUT2D eigenvalue weighted by atomic mass is 16.5. The molecule has 0 aliphatic heterocycles. The fourth-order valence-electron chi connectivity index (χ4n) is 2.63. The van der Waals surface area contributed by atoms with Gasteiger partial charge in [0.25, 0.3) is 0 Å². The van der Waals surface area contributed by atoms with Crippen LogP contribution in [-0.2, 0) is 13.0 Å². The number of nitrogens with zero attached hydrogens (tertiary/aromatic N) is 2. The fraction of sp³-hybridized carbons (Fsp3) is 0.471. The number of hydrogen-bond acceptors (Lipinski definition) is 3. The zero-order valence-electron chi connectivity index (χ0n) is 13.2. The molecule has 4 nitrogen and oxygen atoms in total. The van der Waals surface area contributed by atoms with Crippen molar-refractivity contribution in [3.63, 3.8) is 0 Å². The Morgan fingerprint density at radius 2 is 2.19 bits per heavy atom. The number of ether oxygens (including phenoxy) is 1. The first-order valence-electron chi connectivity index (χ1n) is 7.56. The largest absolute Gasteiger partial charge is 0.493 e. The molecule has 0 fully saturated rings. The smallest absolute Gasteiger partial charge is 0.161 e. The predicted molar refractivity (Wildman–Crippen MR) is 85.5 cm³/mol. The molecule has 4 heteroatoms. The van der Waals surface area contributed by atoms with Crippen LogP contribution in [0.25, 0.3) is 0 Å². The number of aromatic nitrogens is 2. The van der Waals surface area contributed by atoms with E-state index >= 15 is 0 Å². The van der Waals surface area contributed by atoms with Crippen LogP contribution in [0.1, 0.15) is 42.6 Å². The van der Waals surface area contributed by atoms with Gasteiger partial charge in [0.2, 0.25) is 0 Å². The summed E-state index contributed by atoms with van der Waals surface area (Å²) in [5.74, 6) is 0.792. The molecule has 0 saturated carbocycles. The van der Waals surface area contributed by atoms with Crippen LogP contribution in [0.5, 0.6) is 5.75 Å². The minimum absolute atomic E-state index is 0.0606. The normalized spacial score (nSPS) is 12.4. The molecule has 1 aromatic carbocycles. The maximum absolute atomic E-state index is 6.39. The molecular weight excluding hydrogens is 262 g/mol. The lowest BCUT2D eigenvalue weighted by molar-refractivity contribution is 0.398. The molecule has 21 heavy (non-hydrogen) atoms. The van der Waals surface area contributed by atoms with Gasteiger partial charge in [-0.25, -0.2) is 0 Å². The van der Waals surface area contributed by atoms with E-state index < -0.39 is 0 Å². The second kappa shape index (κ2) is 7.27. The first kappa shape index (κ1) is 15.6. The van der Waals surface area contributed by atoms with Crippen LogP contribution in [0.3, 0.4) is 0 Å². The molecule has 0 spiro atoms. The second-order valence-electron chi connectivity index (χ2n) is 5.46. The molecule has 2 aromatic rings. The average Bonchev–Trinajstić information content (AvgIpc) is 2.88. The Hall–Kier alpha value is -1.81. The van der Waals surface area contributed by atoms with Gasteiger partial charge >= 0.3 is 0 Å². The third kappa shape index (κ3) is 3.85. The molecule has 1 heterocycles. The van der Waals surface area contributed by atoms with Gasteiger partial charge in [0.05, 0.1) is 25.0 Å². The molecule has 2 rings (SSSR count). The van der Waals surface area contributed by atoms with Gasteiger partial charge in [0.1, 0.15) is 0 Å². The molecule has 114 valence electrons. The Balaban J connectivity index is 2.09. The topological polar surface area (TPSA) is 53.1 Å². The van der Waals surface area contributed by atoms with Crippen molar-refractivity contribution >= 4 is 0 Å². The van der Waals surface area contributed by atoms with Crippen LogP contribution < -0.4 is 10.5 Å². The summed E-state index contributed by atoms with van der Waals surface area (Å²) < 4.78 is 7.37. The number of methoxy groups -OCH3 is 1. The summed E-state index contributed by atoms with van der Waals surface area (Å²) in [6.07, 6.45) is 4.64. The summed E-state index contributed by atoms with van der Waals surface area (Å²) in [5.41, 5.74) is 10.0. The van der Waals surface area contributed by atoms with E-state index in [2.05, 4.69) is 43.2 Å². The SMILES string of the molecule is CCCn1ncc(OC)c1C(N)CCc1cccc(C)c1. The summed E-state index contributed by atoms with van der Waals surface area (Å²) in [4.78, 5) is 0. The van der Waals surface area contributed by atoms with Crippen LogP contribution >= 0.6 is 0 Å². The van der Waals surface area contributed by atoms with Gasteiger partial charge in [0, 0.05) is 6.54 Å². The van der Waals surface area contributed by atoms with Gasteiger partial charge < -0.3 is 10.5 Å². The summed E-state index contributed by atoms with van der Waals surface area (Å²) in [6.45, 7) is 5.12. The van der Waals surface area contributed by atoms with E-state index in [0.29, 0.717) is 0 Å². The Bertz CT molecular complexity index is 577. The monoisotopic (exact) mass is 287 g/mol. The first-order valence-corrected chi connectivity index (χ1v) is 7.56. The molecule has 2 N–H and O–H groups in total. The Morgan fingerprint density at radius 3 is 2.86 bits per heavy atom. The number of hydrogen-bond donors (Lipinski definition) is 1. The standard InChI is InChI=1S/C17H25N3O/c1-4-10-20-17(16(21-3)12-19-20)15(18)9-8-14-7-5-6-13(2)11-14/h5-7,11-12,15H,4,8-10,18H2,1-3H3. The molecular formula is C17H25N3O. The molecule has 0 amide bonds. The highest BCUT2D eigenvalue weighted by Gasteiger charge is 2.18. The summed E-state index contributed by atoms with van der Waals surface area (Å²) >= 11 is 0. The van der Waals surface area contributed by atoms with E-state index in [1.807, 2.05) is 4.68 Å². The summed E-state index contributed by atoms with van der Waals surface area (Å²) in [7, 11) is 1.67. The highest BCUT2D eigenvalue weighted by molar-refractivity contribution is 5.29. The van der Waals surface area contributed by atoms with Crippen LogP contribution in [0.4, 0.5) is 0 Å². The maximum atomic E-state index is 6.39. The third-order valence-electron chi connectivity index (χ3n) is 3.68. The molecule has 1 unspecified atom stereocenters. The van der Waals surface area contributed by atoms with Crippen molar-refractivity contribution in [3.05, 3.63) is 47.3 Å². The minimum Gasteiger partial charge on any atom is -0.493 e. The van der Waals surface area contributed by atoms with E-state index in [9.17, 15) is 0 Å². The van der Waals surface area contributed by atoms with Crippen LogP contribution in [0.15, 0.2) is 30.5 Å². The Labute approximate surface area is 126 Å². The summed E-state index contributed by atoms with van der Waals surface area (Å²) in [6, 6.07) is 8.52.